The van der Waals surface area contributed by atoms with Gasteiger partial charge in [-0.25, -0.2) is 12.4 Å². The van der Waals surface area contributed by atoms with Crippen LogP contribution in [0.2, 0.25) is 0 Å². The number of hydrogen-bond acceptors (Lipinski definition) is 6. The molecule has 7 nitrogen and oxygen atoms in total. The second kappa shape index (κ2) is 9.70. The Morgan fingerprint density at radius 1 is 1.00 bits per heavy atom. The average Bonchev–Trinajstić information content (AvgIpc) is 3.16. The Balaban J connectivity index is 2.11. The minimum absolute atomic E-state index is 0.117. The van der Waals surface area contributed by atoms with Crippen LogP contribution in [-0.4, -0.2) is 25.3 Å². The molecular weight excluding hydrogens is 598 g/mol. The third-order valence-electron chi connectivity index (χ3n) is 5.28. The molecule has 0 bridgehead atoms. The molecule has 35 heavy (non-hydrogen) atoms. The maximum absolute atomic E-state index is 13.8. The van der Waals surface area contributed by atoms with Crippen molar-refractivity contribution < 1.29 is 17.9 Å². The first-order valence-electron chi connectivity index (χ1n) is 10.1. The molecular formula is C25H17Br2N3O4S. The van der Waals surface area contributed by atoms with Crippen LogP contribution in [0.15, 0.2) is 86.6 Å². The highest BCUT2D eigenvalue weighted by atomic mass is 79.9. The number of nitrogen functional groups attached to an aromatic ring is 1. The summed E-state index contributed by atoms with van der Waals surface area (Å²) in [5.41, 5.74) is 6.75. The van der Waals surface area contributed by atoms with E-state index in [4.69, 9.17) is 10.5 Å². The van der Waals surface area contributed by atoms with Crippen molar-refractivity contribution in [2.45, 2.75) is 4.90 Å². The van der Waals surface area contributed by atoms with Gasteiger partial charge in [0.15, 0.2) is 0 Å². The number of methoxy groups -OCH3 is 1. The van der Waals surface area contributed by atoms with Crippen molar-refractivity contribution in [3.63, 3.8) is 0 Å². The molecule has 0 amide bonds. The van der Waals surface area contributed by atoms with E-state index in [0.717, 1.165) is 3.97 Å². The van der Waals surface area contributed by atoms with Gasteiger partial charge in [-0.2, -0.15) is 5.26 Å². The van der Waals surface area contributed by atoms with Crippen molar-refractivity contribution in [2.24, 2.45) is 0 Å². The first kappa shape index (κ1) is 24.7. The van der Waals surface area contributed by atoms with Crippen molar-refractivity contribution in [3.8, 4) is 22.9 Å². The number of benzene rings is 3. The fraction of sp³-hybridized carbons (Fsp3) is 0.0400. The third kappa shape index (κ3) is 4.50. The van der Waals surface area contributed by atoms with Crippen LogP contribution in [0.1, 0.15) is 21.6 Å². The second-order valence-corrected chi connectivity index (χ2v) is 11.0. The number of nitrogens with zero attached hydrogens (tertiary/aromatic N) is 2. The number of carbonyl (C=O) groups is 1. The Morgan fingerprint density at radius 3 is 2.14 bits per heavy atom. The standard InChI is InChI=1S/C25H17Br2N3O4S/c1-34-19-7-9-20(10-8-19)35(32,33)30-23(24(31)15-5-3-2-4-6-15)22(21(14-28)25(30)29)16-11-17(26)13-18(27)12-16/h2-13H,29H2,1H3. The lowest BCUT2D eigenvalue weighted by molar-refractivity contribution is 0.103. The fourth-order valence-corrected chi connectivity index (χ4v) is 6.45. The van der Waals surface area contributed by atoms with Gasteiger partial charge in [-0.3, -0.25) is 4.79 Å². The molecule has 0 unspecified atom stereocenters. The molecule has 0 spiro atoms. The van der Waals surface area contributed by atoms with Gasteiger partial charge in [-0.05, 0) is 48.0 Å². The SMILES string of the molecule is COc1ccc(S(=O)(=O)n2c(N)c(C#N)c(-c3cc(Br)cc(Br)c3)c2C(=O)c2ccccc2)cc1. The van der Waals surface area contributed by atoms with Gasteiger partial charge in [-0.15, -0.1) is 0 Å². The molecule has 2 N–H and O–H groups in total. The van der Waals surface area contributed by atoms with Crippen molar-refractivity contribution in [1.29, 1.82) is 5.26 Å². The Bertz CT molecular complexity index is 1570. The summed E-state index contributed by atoms with van der Waals surface area (Å²) in [4.78, 5) is 13.7. The number of halogens is 2. The number of carbonyl (C=O) groups excluding carboxylic acids is 1. The summed E-state index contributed by atoms with van der Waals surface area (Å²) in [6.45, 7) is 0. The fourth-order valence-electron chi connectivity index (χ4n) is 3.70. The predicted octanol–water partition coefficient (Wildman–Crippen LogP) is 5.61. The molecule has 176 valence electrons. The van der Waals surface area contributed by atoms with Crippen LogP contribution >= 0.6 is 31.9 Å². The zero-order valence-electron chi connectivity index (χ0n) is 18.2. The maximum atomic E-state index is 13.8. The molecule has 1 heterocycles. The van der Waals surface area contributed by atoms with Crippen LogP contribution in [0.25, 0.3) is 11.1 Å². The van der Waals surface area contributed by atoms with E-state index in [-0.39, 0.29) is 33.1 Å². The smallest absolute Gasteiger partial charge is 0.270 e. The van der Waals surface area contributed by atoms with E-state index in [1.54, 1.807) is 48.5 Å². The molecule has 3 aromatic carbocycles. The van der Waals surface area contributed by atoms with Gasteiger partial charge >= 0.3 is 0 Å². The highest BCUT2D eigenvalue weighted by Gasteiger charge is 2.34. The zero-order chi connectivity index (χ0) is 25.3. The summed E-state index contributed by atoms with van der Waals surface area (Å²) < 4.78 is 34.8. The highest BCUT2D eigenvalue weighted by molar-refractivity contribution is 9.11. The van der Waals surface area contributed by atoms with Crippen LogP contribution in [0.3, 0.4) is 0 Å². The predicted molar refractivity (Wildman–Crippen MR) is 140 cm³/mol. The number of rotatable bonds is 6. The number of nitriles is 1. The molecule has 4 rings (SSSR count). The van der Waals surface area contributed by atoms with Crippen molar-refractivity contribution >= 4 is 53.5 Å². The van der Waals surface area contributed by atoms with Gasteiger partial charge in [-0.1, -0.05) is 62.2 Å². The lowest BCUT2D eigenvalue weighted by Gasteiger charge is -2.14. The summed E-state index contributed by atoms with van der Waals surface area (Å²) in [6, 6.07) is 21.1. The van der Waals surface area contributed by atoms with Gasteiger partial charge in [0.2, 0.25) is 5.78 Å². The van der Waals surface area contributed by atoms with Crippen molar-refractivity contribution in [2.75, 3.05) is 12.8 Å². The largest absolute Gasteiger partial charge is 0.497 e. The van der Waals surface area contributed by atoms with Crippen LogP contribution in [0, 0.1) is 11.3 Å². The molecule has 4 aromatic rings. The molecule has 0 aliphatic heterocycles. The number of anilines is 1. The molecule has 0 atom stereocenters. The monoisotopic (exact) mass is 613 g/mol. The number of nitrogens with two attached hydrogens (primary N) is 1. The summed E-state index contributed by atoms with van der Waals surface area (Å²) in [5, 5.41) is 10.0. The number of ketones is 1. The molecule has 0 radical (unpaired) electrons. The van der Waals surface area contributed by atoms with Gasteiger partial charge in [0.05, 0.1) is 12.0 Å². The second-order valence-electron chi connectivity index (χ2n) is 7.39. The summed E-state index contributed by atoms with van der Waals surface area (Å²) in [5.74, 6) is -0.488. The number of hydrogen-bond donors (Lipinski definition) is 1. The number of ether oxygens (including phenoxy) is 1. The maximum Gasteiger partial charge on any atom is 0.270 e. The summed E-state index contributed by atoms with van der Waals surface area (Å²) in [6.07, 6.45) is 0. The van der Waals surface area contributed by atoms with Crippen LogP contribution < -0.4 is 10.5 Å². The van der Waals surface area contributed by atoms with Crippen LogP contribution in [0.4, 0.5) is 5.82 Å². The third-order valence-corrected chi connectivity index (χ3v) is 7.92. The highest BCUT2D eigenvalue weighted by Crippen LogP contribution is 2.40. The Hall–Kier alpha value is -3.39. The zero-order valence-corrected chi connectivity index (χ0v) is 22.2. The van der Waals surface area contributed by atoms with E-state index in [9.17, 15) is 18.5 Å². The first-order valence-corrected chi connectivity index (χ1v) is 13.1. The van der Waals surface area contributed by atoms with E-state index in [1.165, 1.54) is 31.4 Å². The molecule has 0 fully saturated rings. The van der Waals surface area contributed by atoms with E-state index < -0.39 is 15.8 Å². The van der Waals surface area contributed by atoms with Crippen molar-refractivity contribution in [3.05, 3.63) is 98.6 Å². The molecule has 0 aliphatic rings. The van der Waals surface area contributed by atoms with E-state index in [2.05, 4.69) is 31.9 Å². The Morgan fingerprint density at radius 2 is 1.60 bits per heavy atom. The normalized spacial score (nSPS) is 11.1. The minimum Gasteiger partial charge on any atom is -0.497 e. The van der Waals surface area contributed by atoms with E-state index in [0.29, 0.717) is 20.3 Å². The summed E-state index contributed by atoms with van der Waals surface area (Å²) in [7, 11) is -2.91. The average molecular weight is 615 g/mol. The molecule has 0 saturated carbocycles. The molecule has 0 aliphatic carbocycles. The topological polar surface area (TPSA) is 115 Å². The van der Waals surface area contributed by atoms with Crippen molar-refractivity contribution in [1.82, 2.24) is 3.97 Å². The van der Waals surface area contributed by atoms with Gasteiger partial charge in [0, 0.05) is 20.1 Å². The van der Waals surface area contributed by atoms with Crippen LogP contribution in [0.5, 0.6) is 5.75 Å². The lowest BCUT2D eigenvalue weighted by Crippen LogP contribution is -2.21. The van der Waals surface area contributed by atoms with Gasteiger partial charge < -0.3 is 10.5 Å². The summed E-state index contributed by atoms with van der Waals surface area (Å²) >= 11 is 6.82. The molecule has 10 heteroatoms. The Kier molecular flexibility index (Phi) is 6.85. The molecule has 1 aromatic heterocycles. The minimum atomic E-state index is -4.38. The van der Waals surface area contributed by atoms with Gasteiger partial charge in [0.1, 0.15) is 28.9 Å². The van der Waals surface area contributed by atoms with E-state index >= 15 is 0 Å². The lowest BCUT2D eigenvalue weighted by atomic mass is 9.97. The van der Waals surface area contributed by atoms with Gasteiger partial charge in [0.25, 0.3) is 10.0 Å². The van der Waals surface area contributed by atoms with E-state index in [1.807, 2.05) is 6.07 Å². The first-order chi connectivity index (χ1) is 16.7. The number of aromatic nitrogens is 1. The van der Waals surface area contributed by atoms with Crippen LogP contribution in [-0.2, 0) is 10.0 Å². The quantitative estimate of drug-likeness (QED) is 0.282. The molecule has 0 saturated heterocycles. The Labute approximate surface area is 219 Å².